The number of hydrogen-bond donors (Lipinski definition) is 1. The number of nitrogens with zero attached hydrogens (tertiary/aromatic N) is 1. The van der Waals surface area contributed by atoms with Crippen molar-refractivity contribution in [1.29, 1.82) is 0 Å². The number of benzene rings is 1. The predicted molar refractivity (Wildman–Crippen MR) is 93.9 cm³/mol. The van der Waals surface area contributed by atoms with Crippen LogP contribution in [0.5, 0.6) is 0 Å². The van der Waals surface area contributed by atoms with Crippen molar-refractivity contribution in [3.63, 3.8) is 0 Å². The second-order valence-electron chi connectivity index (χ2n) is 7.80. The van der Waals surface area contributed by atoms with Crippen LogP contribution in [0.3, 0.4) is 0 Å². The maximum atomic E-state index is 12.8. The van der Waals surface area contributed by atoms with Gasteiger partial charge in [-0.05, 0) is 31.9 Å². The monoisotopic (exact) mass is 337 g/mol. The molecule has 130 valence electrons. The number of esters is 1. The molecule has 4 aliphatic rings. The maximum Gasteiger partial charge on any atom is 0.338 e. The molecule has 3 aliphatic heterocycles. The van der Waals surface area contributed by atoms with Gasteiger partial charge in [0.25, 0.3) is 0 Å². The number of piperidine rings is 1. The molecule has 0 amide bonds. The molecule has 0 aromatic heterocycles. The van der Waals surface area contributed by atoms with Crippen LogP contribution in [0, 0.1) is 6.92 Å². The molecule has 1 N–H and O–H groups in total. The van der Waals surface area contributed by atoms with E-state index in [1.54, 1.807) is 0 Å². The van der Waals surface area contributed by atoms with Gasteiger partial charge in [-0.1, -0.05) is 48.4 Å². The first kappa shape index (κ1) is 15.4. The van der Waals surface area contributed by atoms with Crippen LogP contribution in [0.4, 0.5) is 0 Å². The molecular weight excluding hydrogens is 314 g/mol. The SMILES string of the molecule is Cc1ccc(C(O)C2=C3C=C[C@@H]4C[C@@]3(OC2=O)[C@@H]2CCCCN42)cc1. The van der Waals surface area contributed by atoms with E-state index in [4.69, 9.17) is 4.74 Å². The van der Waals surface area contributed by atoms with Crippen LogP contribution in [0.15, 0.2) is 47.6 Å². The quantitative estimate of drug-likeness (QED) is 0.843. The molecule has 1 unspecified atom stereocenters. The number of rotatable bonds is 2. The molecule has 2 saturated heterocycles. The second-order valence-corrected chi connectivity index (χ2v) is 7.80. The van der Waals surface area contributed by atoms with Crippen molar-refractivity contribution in [2.45, 2.75) is 56.4 Å². The number of ether oxygens (including phenoxy) is 1. The lowest BCUT2D eigenvalue weighted by Crippen LogP contribution is -2.48. The van der Waals surface area contributed by atoms with Gasteiger partial charge in [0.05, 0.1) is 11.6 Å². The number of carbonyl (C=O) groups is 1. The minimum atomic E-state index is -0.929. The number of hydrogen-bond acceptors (Lipinski definition) is 4. The first-order valence-electron chi connectivity index (χ1n) is 9.27. The van der Waals surface area contributed by atoms with E-state index in [-0.39, 0.29) is 12.0 Å². The van der Waals surface area contributed by atoms with Crippen molar-refractivity contribution in [1.82, 2.24) is 4.90 Å². The normalized spacial score (nSPS) is 34.7. The van der Waals surface area contributed by atoms with Gasteiger partial charge < -0.3 is 9.84 Å². The molecule has 1 aromatic rings. The van der Waals surface area contributed by atoms with E-state index in [1.807, 2.05) is 37.3 Å². The maximum absolute atomic E-state index is 12.8. The van der Waals surface area contributed by atoms with Gasteiger partial charge >= 0.3 is 5.97 Å². The summed E-state index contributed by atoms with van der Waals surface area (Å²) in [6.45, 7) is 3.08. The Hall–Kier alpha value is -1.91. The zero-order chi connectivity index (χ0) is 17.2. The molecule has 0 radical (unpaired) electrons. The van der Waals surface area contributed by atoms with Crippen molar-refractivity contribution in [3.8, 4) is 0 Å². The molecule has 1 aliphatic carbocycles. The molecule has 2 fully saturated rings. The Balaban J connectivity index is 1.60. The van der Waals surface area contributed by atoms with E-state index in [0.717, 1.165) is 36.1 Å². The summed E-state index contributed by atoms with van der Waals surface area (Å²) < 4.78 is 6.03. The summed E-state index contributed by atoms with van der Waals surface area (Å²) in [6.07, 6.45) is 7.59. The van der Waals surface area contributed by atoms with Crippen LogP contribution in [0.25, 0.3) is 0 Å². The molecule has 1 spiro atoms. The van der Waals surface area contributed by atoms with E-state index in [2.05, 4.69) is 11.0 Å². The summed E-state index contributed by atoms with van der Waals surface area (Å²) in [5.74, 6) is -0.346. The van der Waals surface area contributed by atoms with Gasteiger partial charge in [0.2, 0.25) is 0 Å². The van der Waals surface area contributed by atoms with E-state index < -0.39 is 11.7 Å². The van der Waals surface area contributed by atoms with E-state index in [9.17, 15) is 9.90 Å². The van der Waals surface area contributed by atoms with E-state index in [1.165, 1.54) is 12.8 Å². The fourth-order valence-electron chi connectivity index (χ4n) is 5.22. The summed E-state index contributed by atoms with van der Waals surface area (Å²) >= 11 is 0. The highest BCUT2D eigenvalue weighted by Crippen LogP contribution is 2.54. The third-order valence-electron chi connectivity index (χ3n) is 6.41. The highest BCUT2D eigenvalue weighted by molar-refractivity contribution is 5.96. The summed E-state index contributed by atoms with van der Waals surface area (Å²) in [4.78, 5) is 15.3. The molecule has 4 nitrogen and oxygen atoms in total. The van der Waals surface area contributed by atoms with Gasteiger partial charge in [-0.3, -0.25) is 4.90 Å². The third-order valence-corrected chi connectivity index (χ3v) is 6.41. The molecule has 5 rings (SSSR count). The fraction of sp³-hybridized carbons (Fsp3) is 0.476. The molecule has 0 saturated carbocycles. The lowest BCUT2D eigenvalue weighted by atomic mass is 9.78. The first-order valence-corrected chi connectivity index (χ1v) is 9.27. The molecule has 4 heteroatoms. The Morgan fingerprint density at radius 1 is 1.28 bits per heavy atom. The van der Waals surface area contributed by atoms with Crippen molar-refractivity contribution in [3.05, 3.63) is 58.7 Å². The average Bonchev–Trinajstić information content (AvgIpc) is 3.06. The Labute approximate surface area is 147 Å². The van der Waals surface area contributed by atoms with Crippen LogP contribution in [0.2, 0.25) is 0 Å². The number of aliphatic hydroxyl groups excluding tert-OH is 1. The molecule has 1 aromatic carbocycles. The highest BCUT2D eigenvalue weighted by Gasteiger charge is 2.62. The van der Waals surface area contributed by atoms with Crippen molar-refractivity contribution in [2.75, 3.05) is 6.54 Å². The highest BCUT2D eigenvalue weighted by atomic mass is 16.6. The first-order chi connectivity index (χ1) is 12.1. The van der Waals surface area contributed by atoms with Gasteiger partial charge in [-0.2, -0.15) is 0 Å². The molecular formula is C21H23NO3. The van der Waals surface area contributed by atoms with Crippen molar-refractivity contribution < 1.29 is 14.6 Å². The lowest BCUT2D eigenvalue weighted by molar-refractivity contribution is -0.150. The van der Waals surface area contributed by atoms with Crippen LogP contribution in [-0.2, 0) is 9.53 Å². The largest absolute Gasteiger partial charge is 0.449 e. The summed E-state index contributed by atoms with van der Waals surface area (Å²) in [7, 11) is 0. The molecule has 2 bridgehead atoms. The van der Waals surface area contributed by atoms with Crippen LogP contribution >= 0.6 is 0 Å². The Morgan fingerprint density at radius 3 is 2.88 bits per heavy atom. The number of aliphatic hydroxyl groups is 1. The molecule has 3 heterocycles. The Morgan fingerprint density at radius 2 is 2.08 bits per heavy atom. The van der Waals surface area contributed by atoms with Gasteiger partial charge in [0, 0.05) is 18.0 Å². The minimum Gasteiger partial charge on any atom is -0.449 e. The summed E-state index contributed by atoms with van der Waals surface area (Å²) in [5.41, 5.74) is 2.68. The standard InChI is InChI=1S/C21H23NO3/c1-13-5-7-14(8-6-13)19(23)18-16-10-9-15-12-21(16,25-20(18)24)17-4-2-3-11-22(15)17/h5-10,15,17,19,23H,2-4,11-12H2,1H3/t15-,17+,19?,21+/m1/s1. The third kappa shape index (κ3) is 2.04. The van der Waals surface area contributed by atoms with Gasteiger partial charge in [0.15, 0.2) is 5.60 Å². The topological polar surface area (TPSA) is 49.8 Å². The average molecular weight is 337 g/mol. The summed E-state index contributed by atoms with van der Waals surface area (Å²) in [5, 5.41) is 10.9. The summed E-state index contributed by atoms with van der Waals surface area (Å²) in [6, 6.07) is 8.32. The van der Waals surface area contributed by atoms with Crippen molar-refractivity contribution in [2.24, 2.45) is 0 Å². The second kappa shape index (κ2) is 5.29. The lowest BCUT2D eigenvalue weighted by Gasteiger charge is -2.37. The number of aryl methyl sites for hydroxylation is 1. The minimum absolute atomic E-state index is 0.253. The van der Waals surface area contributed by atoms with Gasteiger partial charge in [0.1, 0.15) is 6.10 Å². The smallest absolute Gasteiger partial charge is 0.338 e. The Bertz CT molecular complexity index is 794. The van der Waals surface area contributed by atoms with Crippen LogP contribution < -0.4 is 0 Å². The molecule has 4 atom stereocenters. The van der Waals surface area contributed by atoms with E-state index >= 15 is 0 Å². The Kier molecular flexibility index (Phi) is 3.25. The van der Waals surface area contributed by atoms with Crippen LogP contribution in [-0.4, -0.2) is 40.2 Å². The predicted octanol–water partition coefficient (Wildman–Crippen LogP) is 2.82. The van der Waals surface area contributed by atoms with Crippen molar-refractivity contribution >= 4 is 5.97 Å². The van der Waals surface area contributed by atoms with Gasteiger partial charge in [-0.25, -0.2) is 4.79 Å². The number of carbonyl (C=O) groups excluding carboxylic acids is 1. The molecule has 25 heavy (non-hydrogen) atoms. The van der Waals surface area contributed by atoms with Crippen LogP contribution in [0.1, 0.15) is 42.9 Å². The van der Waals surface area contributed by atoms with Gasteiger partial charge in [-0.15, -0.1) is 0 Å². The fourth-order valence-corrected chi connectivity index (χ4v) is 5.22. The van der Waals surface area contributed by atoms with E-state index in [0.29, 0.717) is 11.6 Å². The zero-order valence-corrected chi connectivity index (χ0v) is 14.4. The zero-order valence-electron chi connectivity index (χ0n) is 14.4. The number of fused-ring (bicyclic) bond motifs is 3.